The number of nitrogens with zero attached hydrogens (tertiary/aromatic N) is 1. The van der Waals surface area contributed by atoms with Crippen LogP contribution in [0.2, 0.25) is 0 Å². The van der Waals surface area contributed by atoms with Crippen LogP contribution in [0.25, 0.3) is 23.0 Å². The van der Waals surface area contributed by atoms with Gasteiger partial charge in [0.05, 0.1) is 0 Å². The summed E-state index contributed by atoms with van der Waals surface area (Å²) in [6.07, 6.45) is 6.49. The van der Waals surface area contributed by atoms with E-state index in [1.807, 2.05) is 36.4 Å². The molecule has 5 rings (SSSR count). The van der Waals surface area contributed by atoms with Crippen molar-refractivity contribution in [2.45, 2.75) is 45.4 Å². The van der Waals surface area contributed by atoms with Gasteiger partial charge in [-0.1, -0.05) is 50.2 Å². The lowest BCUT2D eigenvalue weighted by atomic mass is 9.62. The summed E-state index contributed by atoms with van der Waals surface area (Å²) in [5.41, 5.74) is 6.04. The van der Waals surface area contributed by atoms with Gasteiger partial charge in [-0.05, 0) is 91.2 Å². The second-order valence-corrected chi connectivity index (χ2v) is 9.51. The standard InChI is InChI=1S/C30H34N2O2/c1-3-32(4-2)17-16-30(33)31-24-9-7-8-22(19-24)29-15-13-25(34-29)20-23-18-21-12-14-27(21)28-11-6-5-10-26(23)28/h5-11,13,15,19-21,27H,3-4,12,14,16-18H2,1-2H3,(H,31,33). The number of benzene rings is 2. The highest BCUT2D eigenvalue weighted by Crippen LogP contribution is 2.53. The van der Waals surface area contributed by atoms with Crippen LogP contribution >= 0.6 is 0 Å². The predicted molar refractivity (Wildman–Crippen MR) is 140 cm³/mol. The molecule has 176 valence electrons. The molecule has 2 unspecified atom stereocenters. The Balaban J connectivity index is 1.30. The number of nitrogens with one attached hydrogen (secondary N) is 1. The molecule has 0 saturated heterocycles. The van der Waals surface area contributed by atoms with Crippen molar-refractivity contribution >= 4 is 23.2 Å². The SMILES string of the molecule is CCN(CC)CCC(=O)Nc1cccc(-c2ccc(C=C3CC4CCC4c4ccccc43)o2)c1. The van der Waals surface area contributed by atoms with Gasteiger partial charge >= 0.3 is 0 Å². The number of hydrogen-bond donors (Lipinski definition) is 1. The van der Waals surface area contributed by atoms with Gasteiger partial charge in [-0.15, -0.1) is 0 Å². The second kappa shape index (κ2) is 10.0. The van der Waals surface area contributed by atoms with Crippen LogP contribution in [0.15, 0.2) is 65.1 Å². The Morgan fingerprint density at radius 2 is 1.91 bits per heavy atom. The first kappa shape index (κ1) is 22.7. The van der Waals surface area contributed by atoms with E-state index in [0.29, 0.717) is 6.42 Å². The monoisotopic (exact) mass is 454 g/mol. The quantitative estimate of drug-likeness (QED) is 0.396. The minimum absolute atomic E-state index is 0.0409. The molecule has 4 nitrogen and oxygen atoms in total. The molecule has 2 atom stereocenters. The maximum absolute atomic E-state index is 12.4. The first-order valence-corrected chi connectivity index (χ1v) is 12.7. The van der Waals surface area contributed by atoms with Crippen LogP contribution in [0.5, 0.6) is 0 Å². The third-order valence-corrected chi connectivity index (χ3v) is 7.53. The highest BCUT2D eigenvalue weighted by atomic mass is 16.3. The Bertz CT molecular complexity index is 1190. The van der Waals surface area contributed by atoms with E-state index in [4.69, 9.17) is 4.42 Å². The first-order valence-electron chi connectivity index (χ1n) is 12.7. The number of carbonyl (C=O) groups is 1. The summed E-state index contributed by atoms with van der Waals surface area (Å²) in [7, 11) is 0. The van der Waals surface area contributed by atoms with E-state index in [9.17, 15) is 4.79 Å². The zero-order valence-electron chi connectivity index (χ0n) is 20.2. The molecule has 1 amide bonds. The maximum Gasteiger partial charge on any atom is 0.225 e. The summed E-state index contributed by atoms with van der Waals surface area (Å²) >= 11 is 0. The van der Waals surface area contributed by atoms with Crippen molar-refractivity contribution in [2.24, 2.45) is 5.92 Å². The minimum Gasteiger partial charge on any atom is -0.457 e. The van der Waals surface area contributed by atoms with E-state index < -0.39 is 0 Å². The van der Waals surface area contributed by atoms with Crippen LogP contribution in [0.3, 0.4) is 0 Å². The molecule has 1 aromatic heterocycles. The van der Waals surface area contributed by atoms with E-state index >= 15 is 0 Å². The van der Waals surface area contributed by atoms with Crippen LogP contribution in [0.1, 0.15) is 62.3 Å². The summed E-state index contributed by atoms with van der Waals surface area (Å²) in [5, 5.41) is 3.04. The van der Waals surface area contributed by atoms with Crippen LogP contribution in [0.4, 0.5) is 5.69 Å². The Hall–Kier alpha value is -3.11. The summed E-state index contributed by atoms with van der Waals surface area (Å²) in [5.74, 6) is 3.25. The molecule has 0 spiro atoms. The van der Waals surface area contributed by atoms with Gasteiger partial charge in [0, 0.05) is 24.2 Å². The van der Waals surface area contributed by atoms with Gasteiger partial charge in [-0.2, -0.15) is 0 Å². The van der Waals surface area contributed by atoms with Crippen molar-refractivity contribution in [1.82, 2.24) is 4.90 Å². The molecule has 0 bridgehead atoms. The second-order valence-electron chi connectivity index (χ2n) is 9.51. The number of hydrogen-bond acceptors (Lipinski definition) is 3. The molecule has 0 aliphatic heterocycles. The predicted octanol–water partition coefficient (Wildman–Crippen LogP) is 7.05. The molecule has 2 aliphatic rings. The molecule has 1 N–H and O–H groups in total. The number of amides is 1. The third-order valence-electron chi connectivity index (χ3n) is 7.53. The average Bonchev–Trinajstić information content (AvgIpc) is 3.30. The number of anilines is 1. The fourth-order valence-corrected chi connectivity index (χ4v) is 5.40. The van der Waals surface area contributed by atoms with Crippen molar-refractivity contribution in [3.05, 3.63) is 77.6 Å². The van der Waals surface area contributed by atoms with Gasteiger partial charge in [0.2, 0.25) is 5.91 Å². The zero-order chi connectivity index (χ0) is 23.5. The number of fused-ring (bicyclic) bond motifs is 3. The van der Waals surface area contributed by atoms with E-state index in [1.165, 1.54) is 29.5 Å². The number of carbonyl (C=O) groups excluding carboxylic acids is 1. The van der Waals surface area contributed by atoms with Gasteiger partial charge in [-0.3, -0.25) is 4.79 Å². The maximum atomic E-state index is 12.4. The van der Waals surface area contributed by atoms with E-state index in [2.05, 4.69) is 54.4 Å². The van der Waals surface area contributed by atoms with Gasteiger partial charge in [0.25, 0.3) is 0 Å². The molecule has 0 radical (unpaired) electrons. The van der Waals surface area contributed by atoms with Crippen molar-refractivity contribution in [3.63, 3.8) is 0 Å². The van der Waals surface area contributed by atoms with Crippen LogP contribution in [-0.4, -0.2) is 30.4 Å². The lowest BCUT2D eigenvalue weighted by Gasteiger charge is -2.43. The van der Waals surface area contributed by atoms with Crippen molar-refractivity contribution in [3.8, 4) is 11.3 Å². The van der Waals surface area contributed by atoms with Crippen LogP contribution in [-0.2, 0) is 4.79 Å². The smallest absolute Gasteiger partial charge is 0.225 e. The molecule has 1 heterocycles. The Morgan fingerprint density at radius 3 is 2.71 bits per heavy atom. The molecule has 1 fully saturated rings. The molecule has 3 aromatic rings. The van der Waals surface area contributed by atoms with Crippen molar-refractivity contribution in [1.29, 1.82) is 0 Å². The summed E-state index contributed by atoms with van der Waals surface area (Å²) in [6.45, 7) is 6.94. The number of rotatable bonds is 8. The molecule has 34 heavy (non-hydrogen) atoms. The third kappa shape index (κ3) is 4.74. The van der Waals surface area contributed by atoms with Crippen molar-refractivity contribution in [2.75, 3.05) is 25.0 Å². The van der Waals surface area contributed by atoms with E-state index in [-0.39, 0.29) is 5.91 Å². The summed E-state index contributed by atoms with van der Waals surface area (Å²) in [6, 6.07) is 20.8. The molecule has 4 heteroatoms. The van der Waals surface area contributed by atoms with Gasteiger partial charge in [0.15, 0.2) is 0 Å². The molecule has 2 aliphatic carbocycles. The first-order chi connectivity index (χ1) is 16.6. The topological polar surface area (TPSA) is 45.5 Å². The fourth-order valence-electron chi connectivity index (χ4n) is 5.40. The van der Waals surface area contributed by atoms with Gasteiger partial charge in [-0.25, -0.2) is 0 Å². The van der Waals surface area contributed by atoms with Crippen LogP contribution < -0.4 is 5.32 Å². The Labute approximate surface area is 202 Å². The lowest BCUT2D eigenvalue weighted by Crippen LogP contribution is -2.28. The molecular formula is C30H34N2O2. The molecular weight excluding hydrogens is 420 g/mol. The fraction of sp³-hybridized carbons (Fsp3) is 0.367. The summed E-state index contributed by atoms with van der Waals surface area (Å²) in [4.78, 5) is 14.7. The molecule has 2 aromatic carbocycles. The Morgan fingerprint density at radius 1 is 1.06 bits per heavy atom. The minimum atomic E-state index is 0.0409. The largest absolute Gasteiger partial charge is 0.457 e. The van der Waals surface area contributed by atoms with Crippen LogP contribution in [0, 0.1) is 5.92 Å². The summed E-state index contributed by atoms with van der Waals surface area (Å²) < 4.78 is 6.24. The van der Waals surface area contributed by atoms with Gasteiger partial charge < -0.3 is 14.6 Å². The lowest BCUT2D eigenvalue weighted by molar-refractivity contribution is -0.116. The average molecular weight is 455 g/mol. The zero-order valence-corrected chi connectivity index (χ0v) is 20.2. The van der Waals surface area contributed by atoms with E-state index in [1.54, 1.807) is 0 Å². The highest BCUT2D eigenvalue weighted by molar-refractivity contribution is 5.91. The normalized spacial score (nSPS) is 20.0. The van der Waals surface area contributed by atoms with E-state index in [0.717, 1.165) is 60.7 Å². The van der Waals surface area contributed by atoms with Gasteiger partial charge in [0.1, 0.15) is 11.5 Å². The Kier molecular flexibility index (Phi) is 6.68. The van der Waals surface area contributed by atoms with Crippen molar-refractivity contribution < 1.29 is 9.21 Å². The highest BCUT2D eigenvalue weighted by Gasteiger charge is 2.38. The number of furan rings is 1. The number of allylic oxidation sites excluding steroid dienone is 1. The molecule has 1 saturated carbocycles.